The van der Waals surface area contributed by atoms with Crippen LogP contribution >= 0.6 is 11.3 Å². The van der Waals surface area contributed by atoms with E-state index >= 15 is 0 Å². The van der Waals surface area contributed by atoms with Gasteiger partial charge in [-0.3, -0.25) is 0 Å². The highest BCUT2D eigenvalue weighted by Crippen LogP contribution is 2.34. The van der Waals surface area contributed by atoms with Gasteiger partial charge in [0.2, 0.25) is 0 Å². The van der Waals surface area contributed by atoms with E-state index in [0.29, 0.717) is 6.04 Å². The van der Waals surface area contributed by atoms with Crippen molar-refractivity contribution in [1.29, 1.82) is 0 Å². The lowest BCUT2D eigenvalue weighted by Crippen LogP contribution is -2.32. The van der Waals surface area contributed by atoms with Crippen LogP contribution in [0.25, 0.3) is 0 Å². The summed E-state index contributed by atoms with van der Waals surface area (Å²) in [6.45, 7) is 7.66. The Morgan fingerprint density at radius 3 is 2.67 bits per heavy atom. The summed E-state index contributed by atoms with van der Waals surface area (Å²) in [6.07, 6.45) is 5.43. The molecular formula is C14H25N3S. The number of anilines is 1. The van der Waals surface area contributed by atoms with Gasteiger partial charge in [-0.15, -0.1) is 11.3 Å². The molecule has 1 saturated carbocycles. The third-order valence-electron chi connectivity index (χ3n) is 4.00. The van der Waals surface area contributed by atoms with Crippen molar-refractivity contribution in [2.45, 2.75) is 58.5 Å². The van der Waals surface area contributed by atoms with Crippen LogP contribution in [0.3, 0.4) is 0 Å². The van der Waals surface area contributed by atoms with Gasteiger partial charge in [-0.2, -0.15) is 0 Å². The Bertz CT molecular complexity index is 382. The lowest BCUT2D eigenvalue weighted by molar-refractivity contribution is 0.618. The molecular weight excluding hydrogens is 242 g/mol. The second-order valence-corrected chi connectivity index (χ2v) is 6.19. The maximum Gasteiger partial charge on any atom is 0.186 e. The van der Waals surface area contributed by atoms with Crippen LogP contribution in [0, 0.1) is 6.92 Å². The fraction of sp³-hybridized carbons (Fsp3) is 0.786. The molecule has 2 rings (SSSR count). The predicted octanol–water partition coefficient (Wildman–Crippen LogP) is 3.50. The highest BCUT2D eigenvalue weighted by atomic mass is 32.1. The molecule has 18 heavy (non-hydrogen) atoms. The Hall–Kier alpha value is -0.610. The second kappa shape index (κ2) is 6.02. The first-order chi connectivity index (χ1) is 8.67. The molecule has 1 aromatic heterocycles. The van der Waals surface area contributed by atoms with Crippen LogP contribution in [0.15, 0.2) is 0 Å². The Balaban J connectivity index is 2.20. The van der Waals surface area contributed by atoms with Crippen LogP contribution in [-0.4, -0.2) is 24.6 Å². The maximum absolute atomic E-state index is 4.80. The number of hydrogen-bond donors (Lipinski definition) is 1. The van der Waals surface area contributed by atoms with Gasteiger partial charge in [0, 0.05) is 23.5 Å². The van der Waals surface area contributed by atoms with E-state index in [1.165, 1.54) is 41.4 Å². The molecule has 0 aliphatic heterocycles. The van der Waals surface area contributed by atoms with Crippen molar-refractivity contribution in [2.24, 2.45) is 0 Å². The molecule has 3 nitrogen and oxygen atoms in total. The summed E-state index contributed by atoms with van der Waals surface area (Å²) >= 11 is 1.86. The van der Waals surface area contributed by atoms with Gasteiger partial charge in [0.15, 0.2) is 5.13 Å². The normalized spacial score (nSPS) is 18.2. The monoisotopic (exact) mass is 267 g/mol. The van der Waals surface area contributed by atoms with Crippen molar-refractivity contribution in [3.63, 3.8) is 0 Å². The van der Waals surface area contributed by atoms with E-state index in [0.717, 1.165) is 12.6 Å². The number of rotatable bonds is 5. The first-order valence-corrected chi connectivity index (χ1v) is 7.90. The smallest absolute Gasteiger partial charge is 0.186 e. The molecule has 1 aromatic rings. The molecule has 0 spiro atoms. The standard InChI is InChI=1S/C14H25N3S/c1-5-17(12-8-6-7-9-12)14-16-11(3)13(18-14)10(2)15-4/h10,12,15H,5-9H2,1-4H3. The van der Waals surface area contributed by atoms with E-state index in [1.807, 2.05) is 18.4 Å². The van der Waals surface area contributed by atoms with Crippen molar-refractivity contribution in [3.8, 4) is 0 Å². The average Bonchev–Trinajstić information content (AvgIpc) is 3.00. The Morgan fingerprint density at radius 1 is 1.44 bits per heavy atom. The van der Waals surface area contributed by atoms with Crippen molar-refractivity contribution in [1.82, 2.24) is 10.3 Å². The molecule has 0 amide bonds. The maximum atomic E-state index is 4.80. The summed E-state index contributed by atoms with van der Waals surface area (Å²) in [5.41, 5.74) is 1.19. The summed E-state index contributed by atoms with van der Waals surface area (Å²) in [5, 5.41) is 4.54. The zero-order valence-corrected chi connectivity index (χ0v) is 12.8. The second-order valence-electron chi connectivity index (χ2n) is 5.18. The van der Waals surface area contributed by atoms with Gasteiger partial charge in [-0.05, 0) is 40.7 Å². The number of nitrogens with zero attached hydrogens (tertiary/aromatic N) is 2. The zero-order chi connectivity index (χ0) is 13.1. The van der Waals surface area contributed by atoms with E-state index in [4.69, 9.17) is 4.98 Å². The van der Waals surface area contributed by atoms with Gasteiger partial charge in [0.1, 0.15) is 0 Å². The number of aromatic nitrogens is 1. The third-order valence-corrected chi connectivity index (χ3v) is 5.38. The van der Waals surface area contributed by atoms with Crippen LogP contribution in [0.5, 0.6) is 0 Å². The van der Waals surface area contributed by atoms with Gasteiger partial charge in [0.05, 0.1) is 5.69 Å². The molecule has 0 radical (unpaired) electrons. The molecule has 1 N–H and O–H groups in total. The Kier molecular flexibility index (Phi) is 4.62. The summed E-state index contributed by atoms with van der Waals surface area (Å²) < 4.78 is 0. The summed E-state index contributed by atoms with van der Waals surface area (Å²) in [7, 11) is 2.01. The molecule has 102 valence electrons. The fourth-order valence-electron chi connectivity index (χ4n) is 2.81. The van der Waals surface area contributed by atoms with Crippen molar-refractivity contribution < 1.29 is 0 Å². The lowest BCUT2D eigenvalue weighted by Gasteiger charge is -2.27. The molecule has 1 aliphatic rings. The summed E-state index contributed by atoms with van der Waals surface area (Å²) in [5.74, 6) is 0. The highest BCUT2D eigenvalue weighted by molar-refractivity contribution is 7.15. The van der Waals surface area contributed by atoms with Crippen LogP contribution in [0.2, 0.25) is 0 Å². The Morgan fingerprint density at radius 2 is 2.11 bits per heavy atom. The molecule has 1 heterocycles. The number of nitrogens with one attached hydrogen (secondary N) is 1. The minimum absolute atomic E-state index is 0.401. The van der Waals surface area contributed by atoms with Crippen LogP contribution in [0.1, 0.15) is 56.1 Å². The van der Waals surface area contributed by atoms with Crippen LogP contribution in [-0.2, 0) is 0 Å². The first kappa shape index (κ1) is 13.8. The Labute approximate surface area is 115 Å². The van der Waals surface area contributed by atoms with Gasteiger partial charge in [-0.1, -0.05) is 12.8 Å². The van der Waals surface area contributed by atoms with Crippen molar-refractivity contribution in [2.75, 3.05) is 18.5 Å². The molecule has 1 aliphatic carbocycles. The largest absolute Gasteiger partial charge is 0.345 e. The number of hydrogen-bond acceptors (Lipinski definition) is 4. The van der Waals surface area contributed by atoms with E-state index < -0.39 is 0 Å². The molecule has 1 unspecified atom stereocenters. The molecule has 4 heteroatoms. The fourth-order valence-corrected chi connectivity index (χ4v) is 4.08. The topological polar surface area (TPSA) is 28.2 Å². The SMILES string of the molecule is CCN(c1nc(C)c(C(C)NC)s1)C1CCCC1. The lowest BCUT2D eigenvalue weighted by atomic mass is 10.2. The molecule has 0 bridgehead atoms. The van der Waals surface area contributed by atoms with Crippen molar-refractivity contribution in [3.05, 3.63) is 10.6 Å². The minimum atomic E-state index is 0.401. The quantitative estimate of drug-likeness (QED) is 0.885. The molecule has 1 fully saturated rings. The first-order valence-electron chi connectivity index (χ1n) is 7.08. The van der Waals surface area contributed by atoms with Crippen LogP contribution < -0.4 is 10.2 Å². The van der Waals surface area contributed by atoms with Gasteiger partial charge < -0.3 is 10.2 Å². The number of thiazole rings is 1. The van der Waals surface area contributed by atoms with E-state index in [9.17, 15) is 0 Å². The van der Waals surface area contributed by atoms with E-state index in [2.05, 4.69) is 31.0 Å². The van der Waals surface area contributed by atoms with Gasteiger partial charge in [0.25, 0.3) is 0 Å². The van der Waals surface area contributed by atoms with E-state index in [-0.39, 0.29) is 0 Å². The highest BCUT2D eigenvalue weighted by Gasteiger charge is 2.25. The van der Waals surface area contributed by atoms with Crippen molar-refractivity contribution >= 4 is 16.5 Å². The molecule has 0 aromatic carbocycles. The summed E-state index contributed by atoms with van der Waals surface area (Å²) in [4.78, 5) is 8.69. The van der Waals surface area contributed by atoms with Gasteiger partial charge >= 0.3 is 0 Å². The minimum Gasteiger partial charge on any atom is -0.345 e. The van der Waals surface area contributed by atoms with Crippen LogP contribution in [0.4, 0.5) is 5.13 Å². The molecule has 1 atom stereocenters. The zero-order valence-electron chi connectivity index (χ0n) is 12.0. The third kappa shape index (κ3) is 2.69. The average molecular weight is 267 g/mol. The number of aryl methyl sites for hydroxylation is 1. The molecule has 0 saturated heterocycles. The van der Waals surface area contributed by atoms with E-state index in [1.54, 1.807) is 0 Å². The van der Waals surface area contributed by atoms with Gasteiger partial charge in [-0.25, -0.2) is 4.98 Å². The predicted molar refractivity (Wildman–Crippen MR) is 79.6 cm³/mol. The summed E-state index contributed by atoms with van der Waals surface area (Å²) in [6, 6.07) is 1.12.